The van der Waals surface area contributed by atoms with Crippen molar-refractivity contribution in [1.29, 1.82) is 0 Å². The van der Waals surface area contributed by atoms with E-state index in [0.717, 1.165) is 35.1 Å². The number of carbonyl (C=O) groups excluding carboxylic acids is 3. The second kappa shape index (κ2) is 8.31. The number of benzene rings is 1. The molecule has 2 spiro atoms. The van der Waals surface area contributed by atoms with Crippen LogP contribution in [0.1, 0.15) is 47.9 Å². The molecule has 0 bridgehead atoms. The molecular formula is C29H26N6O3. The lowest BCUT2D eigenvalue weighted by Crippen LogP contribution is -2.44. The zero-order chi connectivity index (χ0) is 25.9. The van der Waals surface area contributed by atoms with E-state index in [2.05, 4.69) is 20.6 Å². The minimum atomic E-state index is -0.764. The summed E-state index contributed by atoms with van der Waals surface area (Å²) in [5.74, 6) is 0.685. The highest BCUT2D eigenvalue weighted by Crippen LogP contribution is 2.47. The van der Waals surface area contributed by atoms with Gasteiger partial charge in [-0.25, -0.2) is 4.98 Å². The third kappa shape index (κ3) is 3.38. The highest BCUT2D eigenvalue weighted by atomic mass is 16.2. The first-order valence-electron chi connectivity index (χ1n) is 13.0. The van der Waals surface area contributed by atoms with Gasteiger partial charge in [0.05, 0.1) is 5.41 Å². The zero-order valence-electron chi connectivity index (χ0n) is 20.7. The highest BCUT2D eigenvalue weighted by Gasteiger charge is 2.52. The van der Waals surface area contributed by atoms with E-state index < -0.39 is 11.0 Å². The molecule has 2 aromatic heterocycles. The van der Waals surface area contributed by atoms with Crippen LogP contribution in [0, 0.1) is 0 Å². The molecule has 9 nitrogen and oxygen atoms in total. The number of fused-ring (bicyclic) bond motifs is 3. The van der Waals surface area contributed by atoms with Crippen LogP contribution in [0.4, 0.5) is 11.5 Å². The molecular weight excluding hydrogens is 480 g/mol. The van der Waals surface area contributed by atoms with Crippen LogP contribution < -0.4 is 10.6 Å². The normalized spacial score (nSPS) is 22.5. The number of aromatic nitrogens is 2. The highest BCUT2D eigenvalue weighted by molar-refractivity contribution is 6.17. The van der Waals surface area contributed by atoms with Gasteiger partial charge < -0.3 is 10.6 Å². The van der Waals surface area contributed by atoms with Crippen molar-refractivity contribution >= 4 is 35.1 Å². The van der Waals surface area contributed by atoms with Crippen LogP contribution in [-0.4, -0.2) is 50.5 Å². The van der Waals surface area contributed by atoms with E-state index in [1.54, 1.807) is 24.7 Å². The van der Waals surface area contributed by atoms with Gasteiger partial charge in [0.25, 0.3) is 5.91 Å². The van der Waals surface area contributed by atoms with E-state index in [1.807, 2.05) is 36.4 Å². The van der Waals surface area contributed by atoms with Crippen molar-refractivity contribution in [3.8, 4) is 0 Å². The number of carbonyl (C=O) groups is 3. The van der Waals surface area contributed by atoms with Gasteiger partial charge in [0.15, 0.2) is 0 Å². The summed E-state index contributed by atoms with van der Waals surface area (Å²) in [4.78, 5) is 54.6. The number of rotatable bonds is 4. The van der Waals surface area contributed by atoms with Crippen molar-refractivity contribution < 1.29 is 14.4 Å². The van der Waals surface area contributed by atoms with Crippen LogP contribution in [0.5, 0.6) is 0 Å². The summed E-state index contributed by atoms with van der Waals surface area (Å²) in [5.41, 5.74) is 2.96. The van der Waals surface area contributed by atoms with Gasteiger partial charge in [0, 0.05) is 35.4 Å². The van der Waals surface area contributed by atoms with Crippen LogP contribution in [0.15, 0.2) is 66.0 Å². The Balaban J connectivity index is 1.11. The number of amidine groups is 1. The number of hydrogen-bond donors (Lipinski definition) is 2. The SMILES string of the molecule is O=C(CN1C(=O)C2(CCCC2)N=C1c1cccnc1)Nc1ccc2c(c1)C[C@@]1(C2)C(=O)Nc2ncccc21. The third-order valence-electron chi connectivity index (χ3n) is 8.34. The summed E-state index contributed by atoms with van der Waals surface area (Å²) >= 11 is 0. The summed E-state index contributed by atoms with van der Waals surface area (Å²) < 4.78 is 0. The first kappa shape index (κ1) is 22.8. The summed E-state index contributed by atoms with van der Waals surface area (Å²) in [6.45, 7) is -0.128. The summed E-state index contributed by atoms with van der Waals surface area (Å²) in [5, 5.41) is 5.88. The smallest absolute Gasteiger partial charge is 0.256 e. The van der Waals surface area contributed by atoms with Crippen LogP contribution in [0.2, 0.25) is 0 Å². The number of pyridine rings is 2. The molecule has 0 unspecified atom stereocenters. The van der Waals surface area contributed by atoms with Crippen LogP contribution in [0.3, 0.4) is 0 Å². The first-order valence-corrected chi connectivity index (χ1v) is 13.0. The fourth-order valence-electron chi connectivity index (χ4n) is 6.50. The van der Waals surface area contributed by atoms with Crippen LogP contribution in [-0.2, 0) is 32.6 Å². The minimum absolute atomic E-state index is 0.0383. The molecule has 1 aromatic carbocycles. The number of hydrogen-bond acceptors (Lipinski definition) is 6. The molecule has 0 saturated heterocycles. The number of anilines is 2. The number of amides is 3. The minimum Gasteiger partial charge on any atom is -0.325 e. The van der Waals surface area contributed by atoms with E-state index in [0.29, 0.717) is 43.0 Å². The van der Waals surface area contributed by atoms with Gasteiger partial charge in [-0.3, -0.25) is 29.3 Å². The van der Waals surface area contributed by atoms with E-state index in [4.69, 9.17) is 4.99 Å². The maximum Gasteiger partial charge on any atom is 0.256 e. The Morgan fingerprint density at radius 1 is 1.03 bits per heavy atom. The molecule has 2 N–H and O–H groups in total. The largest absolute Gasteiger partial charge is 0.325 e. The Bertz CT molecular complexity index is 1530. The Morgan fingerprint density at radius 2 is 1.84 bits per heavy atom. The molecule has 3 aromatic rings. The van der Waals surface area contributed by atoms with Gasteiger partial charge in [-0.05, 0) is 67.1 Å². The van der Waals surface area contributed by atoms with Crippen molar-refractivity contribution in [2.24, 2.45) is 4.99 Å². The lowest BCUT2D eigenvalue weighted by atomic mass is 9.79. The lowest BCUT2D eigenvalue weighted by Gasteiger charge is -2.22. The van der Waals surface area contributed by atoms with Gasteiger partial charge in [-0.15, -0.1) is 0 Å². The second-order valence-electron chi connectivity index (χ2n) is 10.6. The molecule has 3 amide bonds. The Morgan fingerprint density at radius 3 is 2.66 bits per heavy atom. The topological polar surface area (TPSA) is 117 Å². The molecule has 2 aliphatic carbocycles. The Hall–Kier alpha value is -4.40. The van der Waals surface area contributed by atoms with Crippen molar-refractivity contribution in [2.75, 3.05) is 17.2 Å². The summed E-state index contributed by atoms with van der Waals surface area (Å²) in [7, 11) is 0. The second-order valence-corrected chi connectivity index (χ2v) is 10.6. The molecule has 0 radical (unpaired) electrons. The quantitative estimate of drug-likeness (QED) is 0.564. The molecule has 2 aliphatic heterocycles. The van der Waals surface area contributed by atoms with Gasteiger partial charge >= 0.3 is 0 Å². The molecule has 7 rings (SSSR count). The maximum atomic E-state index is 13.5. The first-order chi connectivity index (χ1) is 18.5. The molecule has 4 aliphatic rings. The standard InChI is InChI=1S/C29H26N6O3/c36-23(17-35-25(19-5-3-11-30-16-19)34-29(27(35)38)9-1-2-10-29)32-21-8-7-18-14-28(15-20(18)13-21)22-6-4-12-31-24(22)33-26(28)37/h3-8,11-13,16H,1-2,9-10,14-15,17H2,(H,32,36)(H,31,33,37)/t28-/m1/s1. The predicted molar refractivity (Wildman–Crippen MR) is 141 cm³/mol. The van der Waals surface area contributed by atoms with Gasteiger partial charge in [-0.1, -0.05) is 25.0 Å². The van der Waals surface area contributed by atoms with Crippen molar-refractivity contribution in [2.45, 2.75) is 49.5 Å². The molecule has 9 heteroatoms. The molecule has 1 atom stereocenters. The fraction of sp³-hybridized carbons (Fsp3) is 0.310. The monoisotopic (exact) mass is 506 g/mol. The van der Waals surface area contributed by atoms with Gasteiger partial charge in [-0.2, -0.15) is 0 Å². The van der Waals surface area contributed by atoms with Crippen LogP contribution in [0.25, 0.3) is 0 Å². The van der Waals surface area contributed by atoms with Crippen molar-refractivity contribution in [3.05, 3.63) is 83.3 Å². The van der Waals surface area contributed by atoms with E-state index in [-0.39, 0.29) is 24.3 Å². The number of nitrogens with zero attached hydrogens (tertiary/aromatic N) is 4. The average Bonchev–Trinajstić information content (AvgIpc) is 3.68. The lowest BCUT2D eigenvalue weighted by molar-refractivity contribution is -0.133. The zero-order valence-corrected chi connectivity index (χ0v) is 20.7. The summed E-state index contributed by atoms with van der Waals surface area (Å²) in [6, 6.07) is 13.2. The molecule has 4 heterocycles. The number of nitrogens with one attached hydrogen (secondary N) is 2. The molecule has 1 fully saturated rings. The van der Waals surface area contributed by atoms with Crippen molar-refractivity contribution in [1.82, 2.24) is 14.9 Å². The maximum absolute atomic E-state index is 13.5. The van der Waals surface area contributed by atoms with E-state index in [9.17, 15) is 14.4 Å². The Labute approximate surface area is 219 Å². The van der Waals surface area contributed by atoms with Crippen molar-refractivity contribution in [3.63, 3.8) is 0 Å². The Kier molecular flexibility index (Phi) is 4.98. The molecule has 38 heavy (non-hydrogen) atoms. The van der Waals surface area contributed by atoms with E-state index in [1.165, 1.54) is 4.90 Å². The summed E-state index contributed by atoms with van der Waals surface area (Å²) in [6.07, 6.45) is 9.46. The van der Waals surface area contributed by atoms with Crippen LogP contribution >= 0.6 is 0 Å². The fourth-order valence-corrected chi connectivity index (χ4v) is 6.50. The predicted octanol–water partition coefficient (Wildman–Crippen LogP) is 3.01. The molecule has 1 saturated carbocycles. The van der Waals surface area contributed by atoms with E-state index >= 15 is 0 Å². The van der Waals surface area contributed by atoms with Gasteiger partial charge in [0.1, 0.15) is 23.7 Å². The number of aliphatic imine (C=N–C) groups is 1. The van der Waals surface area contributed by atoms with Gasteiger partial charge in [0.2, 0.25) is 11.8 Å². The average molecular weight is 507 g/mol. The third-order valence-corrected chi connectivity index (χ3v) is 8.34. The molecule has 190 valence electrons.